The molecule has 0 aromatic heterocycles. The minimum atomic E-state index is -0.864. The van der Waals surface area contributed by atoms with Crippen molar-refractivity contribution in [2.45, 2.75) is 96.8 Å². The Kier molecular flexibility index (Phi) is 11.0. The summed E-state index contributed by atoms with van der Waals surface area (Å²) in [5.41, 5.74) is 2.21. The Morgan fingerprint density at radius 2 is 1.27 bits per heavy atom. The number of benzene rings is 3. The van der Waals surface area contributed by atoms with Gasteiger partial charge in [0, 0.05) is 11.1 Å². The third-order valence-corrected chi connectivity index (χ3v) is 8.59. The Balaban J connectivity index is 1.44. The lowest BCUT2D eigenvalue weighted by Gasteiger charge is -2.29. The van der Waals surface area contributed by atoms with Crippen LogP contribution in [0, 0.1) is 29.2 Å². The van der Waals surface area contributed by atoms with Gasteiger partial charge >= 0.3 is 0 Å². The molecule has 0 unspecified atom stereocenters. The fourth-order valence-corrected chi connectivity index (χ4v) is 6.12. The summed E-state index contributed by atoms with van der Waals surface area (Å²) in [6, 6.07) is 13.2. The van der Waals surface area contributed by atoms with E-state index in [0.29, 0.717) is 34.6 Å². The van der Waals surface area contributed by atoms with E-state index < -0.39 is 23.3 Å². The van der Waals surface area contributed by atoms with E-state index in [1.807, 2.05) is 6.92 Å². The van der Waals surface area contributed by atoms with Crippen molar-refractivity contribution in [1.82, 2.24) is 0 Å². The fraction of sp³-hybridized carbons (Fsp3) is 0.444. The fourth-order valence-electron chi connectivity index (χ4n) is 6.12. The van der Waals surface area contributed by atoms with Crippen LogP contribution in [-0.2, 0) is 6.42 Å². The lowest BCUT2D eigenvalue weighted by Crippen LogP contribution is -2.15. The minimum absolute atomic E-state index is 0.0427. The Labute approximate surface area is 237 Å². The summed E-state index contributed by atoms with van der Waals surface area (Å²) < 4.78 is 60.2. The van der Waals surface area contributed by atoms with Gasteiger partial charge in [0.2, 0.25) is 0 Å². The van der Waals surface area contributed by atoms with Gasteiger partial charge in [-0.1, -0.05) is 93.3 Å². The van der Waals surface area contributed by atoms with Gasteiger partial charge < -0.3 is 0 Å². The first-order chi connectivity index (χ1) is 19.4. The molecule has 40 heavy (non-hydrogen) atoms. The maximum atomic E-state index is 15.2. The van der Waals surface area contributed by atoms with Crippen molar-refractivity contribution >= 4 is 0 Å². The van der Waals surface area contributed by atoms with Crippen LogP contribution in [0.1, 0.15) is 102 Å². The van der Waals surface area contributed by atoms with E-state index in [0.717, 1.165) is 70.6 Å². The highest BCUT2D eigenvalue weighted by Gasteiger charge is 2.26. The maximum absolute atomic E-state index is 15.2. The number of allylic oxidation sites excluding steroid dienone is 2. The standard InChI is InChI=1S/C36H42F4/c1-3-5-7-8-10-12-29-21-22-30(34(38)33(29)37)27-17-19-28(20-18-27)32-24-23-31(35(39)36(32)40)26-15-13-25(14-16-26)11-9-6-4-2/h4,6,17-26H,3,5,7-16H2,1-2H3. The van der Waals surface area contributed by atoms with Crippen LogP contribution in [0.4, 0.5) is 17.6 Å². The van der Waals surface area contributed by atoms with Crippen molar-refractivity contribution in [1.29, 1.82) is 0 Å². The van der Waals surface area contributed by atoms with Crippen LogP contribution in [0.25, 0.3) is 22.3 Å². The maximum Gasteiger partial charge on any atom is 0.166 e. The second kappa shape index (κ2) is 14.7. The molecule has 1 aliphatic carbocycles. The molecule has 1 aliphatic rings. The molecule has 1 saturated carbocycles. The smallest absolute Gasteiger partial charge is 0.166 e. The second-order valence-corrected chi connectivity index (χ2v) is 11.3. The van der Waals surface area contributed by atoms with Gasteiger partial charge in [0.15, 0.2) is 23.3 Å². The monoisotopic (exact) mass is 550 g/mol. The van der Waals surface area contributed by atoms with E-state index >= 15 is 8.78 Å². The Bertz CT molecular complexity index is 1270. The van der Waals surface area contributed by atoms with Gasteiger partial charge in [-0.25, -0.2) is 17.6 Å². The number of rotatable bonds is 12. The van der Waals surface area contributed by atoms with E-state index in [-0.39, 0.29) is 17.0 Å². The first kappa shape index (κ1) is 30.1. The zero-order chi connectivity index (χ0) is 28.5. The third-order valence-electron chi connectivity index (χ3n) is 8.59. The summed E-state index contributed by atoms with van der Waals surface area (Å²) >= 11 is 0. The van der Waals surface area contributed by atoms with Crippen LogP contribution in [-0.4, -0.2) is 0 Å². The number of halogens is 4. The van der Waals surface area contributed by atoms with Gasteiger partial charge in [0.1, 0.15) is 0 Å². The molecule has 0 radical (unpaired) electrons. The van der Waals surface area contributed by atoms with Crippen LogP contribution in [0.15, 0.2) is 60.7 Å². The summed E-state index contributed by atoms with van der Waals surface area (Å²) in [5.74, 6) is -2.58. The van der Waals surface area contributed by atoms with Gasteiger partial charge in [-0.15, -0.1) is 0 Å². The van der Waals surface area contributed by atoms with Crippen LogP contribution in [0.2, 0.25) is 0 Å². The molecule has 0 heterocycles. The van der Waals surface area contributed by atoms with Crippen molar-refractivity contribution in [3.05, 3.63) is 95.1 Å². The van der Waals surface area contributed by atoms with Crippen molar-refractivity contribution in [2.24, 2.45) is 5.92 Å². The summed E-state index contributed by atoms with van der Waals surface area (Å²) in [4.78, 5) is 0. The molecule has 3 aromatic rings. The number of unbranched alkanes of at least 4 members (excludes halogenated alkanes) is 4. The Morgan fingerprint density at radius 1 is 0.675 bits per heavy atom. The highest BCUT2D eigenvalue weighted by atomic mass is 19.2. The summed E-state index contributed by atoms with van der Waals surface area (Å²) in [6.07, 6.45) is 16.1. The number of hydrogen-bond donors (Lipinski definition) is 0. The number of hydrogen-bond acceptors (Lipinski definition) is 0. The molecule has 0 aliphatic heterocycles. The molecule has 0 amide bonds. The van der Waals surface area contributed by atoms with Gasteiger partial charge in [-0.05, 0) is 92.4 Å². The molecule has 1 fully saturated rings. The molecule has 0 bridgehead atoms. The molecule has 4 rings (SSSR count). The molecule has 0 spiro atoms. The van der Waals surface area contributed by atoms with Gasteiger partial charge in [-0.2, -0.15) is 0 Å². The molecule has 0 saturated heterocycles. The first-order valence-corrected chi connectivity index (χ1v) is 15.1. The van der Waals surface area contributed by atoms with Crippen molar-refractivity contribution in [3.8, 4) is 22.3 Å². The van der Waals surface area contributed by atoms with E-state index in [1.54, 1.807) is 48.5 Å². The highest BCUT2D eigenvalue weighted by Crippen LogP contribution is 2.40. The molecule has 0 N–H and O–H groups in total. The average molecular weight is 551 g/mol. The molecule has 4 heteroatoms. The van der Waals surface area contributed by atoms with Gasteiger partial charge in [0.05, 0.1) is 0 Å². The zero-order valence-corrected chi connectivity index (χ0v) is 23.9. The lowest BCUT2D eigenvalue weighted by atomic mass is 9.77. The van der Waals surface area contributed by atoms with Crippen molar-refractivity contribution in [2.75, 3.05) is 0 Å². The van der Waals surface area contributed by atoms with Gasteiger partial charge in [0.25, 0.3) is 0 Å². The van der Waals surface area contributed by atoms with E-state index in [9.17, 15) is 8.78 Å². The van der Waals surface area contributed by atoms with Gasteiger partial charge in [-0.3, -0.25) is 0 Å². The summed E-state index contributed by atoms with van der Waals surface area (Å²) in [7, 11) is 0. The highest BCUT2D eigenvalue weighted by molar-refractivity contribution is 5.71. The van der Waals surface area contributed by atoms with Crippen LogP contribution in [0.5, 0.6) is 0 Å². The molecule has 3 aromatic carbocycles. The van der Waals surface area contributed by atoms with Crippen LogP contribution in [0.3, 0.4) is 0 Å². The van der Waals surface area contributed by atoms with Crippen molar-refractivity contribution < 1.29 is 17.6 Å². The minimum Gasteiger partial charge on any atom is -0.203 e. The number of aryl methyl sites for hydroxylation is 1. The average Bonchev–Trinajstić information content (AvgIpc) is 2.97. The SMILES string of the molecule is CC=CCCC1CCC(c2ccc(-c3ccc(-c4ccc(CCCCCCC)c(F)c4F)cc3)c(F)c2F)CC1. The van der Waals surface area contributed by atoms with E-state index in [4.69, 9.17) is 0 Å². The van der Waals surface area contributed by atoms with E-state index in [1.165, 1.54) is 0 Å². The topological polar surface area (TPSA) is 0 Å². The predicted octanol–water partition coefficient (Wildman–Crippen LogP) is 11.7. The quantitative estimate of drug-likeness (QED) is 0.119. The van der Waals surface area contributed by atoms with Crippen LogP contribution >= 0.6 is 0 Å². The summed E-state index contributed by atoms with van der Waals surface area (Å²) in [5, 5.41) is 0. The second-order valence-electron chi connectivity index (χ2n) is 11.3. The van der Waals surface area contributed by atoms with Crippen molar-refractivity contribution in [3.63, 3.8) is 0 Å². The molecule has 0 nitrogen and oxygen atoms in total. The molecule has 214 valence electrons. The Morgan fingerprint density at radius 3 is 1.90 bits per heavy atom. The first-order valence-electron chi connectivity index (χ1n) is 15.1. The lowest BCUT2D eigenvalue weighted by molar-refractivity contribution is 0.306. The molecular formula is C36H42F4. The largest absolute Gasteiger partial charge is 0.203 e. The van der Waals surface area contributed by atoms with Crippen LogP contribution < -0.4 is 0 Å². The molecule has 0 atom stereocenters. The summed E-state index contributed by atoms with van der Waals surface area (Å²) in [6.45, 7) is 4.17. The third kappa shape index (κ3) is 7.25. The van der Waals surface area contributed by atoms with E-state index in [2.05, 4.69) is 19.1 Å². The molecular weight excluding hydrogens is 508 g/mol. The zero-order valence-electron chi connectivity index (χ0n) is 23.9. The predicted molar refractivity (Wildman–Crippen MR) is 158 cm³/mol. The Hall–Kier alpha value is -2.88. The normalized spacial score (nSPS) is 17.6.